The van der Waals surface area contributed by atoms with Crippen LogP contribution in [-0.2, 0) is 12.8 Å². The van der Waals surface area contributed by atoms with Crippen molar-refractivity contribution in [2.24, 2.45) is 5.73 Å². The zero-order chi connectivity index (χ0) is 13.8. The Morgan fingerprint density at radius 1 is 1.37 bits per heavy atom. The van der Waals surface area contributed by atoms with E-state index in [2.05, 4.69) is 9.97 Å². The second-order valence-corrected chi connectivity index (χ2v) is 4.28. The normalized spacial score (nSPS) is 10.6. The lowest BCUT2D eigenvalue weighted by Gasteiger charge is -2.02. The van der Waals surface area contributed by atoms with E-state index >= 15 is 0 Å². The summed E-state index contributed by atoms with van der Waals surface area (Å²) in [5.74, 6) is 0.0896. The monoisotopic (exact) mass is 260 g/mol. The van der Waals surface area contributed by atoms with E-state index in [4.69, 9.17) is 16.6 Å². The number of primary amides is 1. The van der Waals surface area contributed by atoms with Gasteiger partial charge in [0, 0.05) is 13.0 Å². The summed E-state index contributed by atoms with van der Waals surface area (Å²) in [7, 11) is 0. The number of anilines is 1. The molecule has 6 nitrogen and oxygen atoms in total. The number of nitrogen functional groups attached to an aromatic ring is 1. The Balaban J connectivity index is 2.19. The van der Waals surface area contributed by atoms with Crippen LogP contribution in [0.15, 0.2) is 24.3 Å². The minimum absolute atomic E-state index is 0.114. The van der Waals surface area contributed by atoms with Gasteiger partial charge in [-0.1, -0.05) is 24.3 Å². The molecule has 1 amide bonds. The topological polar surface area (TPSA) is 118 Å². The summed E-state index contributed by atoms with van der Waals surface area (Å²) in [6, 6.07) is 7.80. The van der Waals surface area contributed by atoms with Gasteiger partial charge in [-0.3, -0.25) is 4.79 Å². The van der Waals surface area contributed by atoms with E-state index in [0.29, 0.717) is 18.7 Å². The molecule has 0 unspecified atom stereocenters. The molecule has 1 heterocycles. The number of aliphatic hydroxyl groups excluding tert-OH is 1. The molecule has 0 aliphatic rings. The van der Waals surface area contributed by atoms with Gasteiger partial charge < -0.3 is 21.6 Å². The van der Waals surface area contributed by atoms with Crippen LogP contribution in [0.3, 0.4) is 0 Å². The van der Waals surface area contributed by atoms with Crippen LogP contribution in [0.1, 0.15) is 27.4 Å². The molecule has 0 atom stereocenters. The summed E-state index contributed by atoms with van der Waals surface area (Å²) >= 11 is 0. The van der Waals surface area contributed by atoms with Gasteiger partial charge in [0.15, 0.2) is 5.82 Å². The van der Waals surface area contributed by atoms with Crippen molar-refractivity contribution in [1.29, 1.82) is 0 Å². The highest BCUT2D eigenvalue weighted by Gasteiger charge is 2.12. The van der Waals surface area contributed by atoms with E-state index in [9.17, 15) is 4.79 Å². The van der Waals surface area contributed by atoms with Crippen LogP contribution in [0.25, 0.3) is 0 Å². The maximum absolute atomic E-state index is 11.1. The van der Waals surface area contributed by atoms with Gasteiger partial charge in [-0.25, -0.2) is 4.98 Å². The van der Waals surface area contributed by atoms with Crippen molar-refractivity contribution in [2.75, 3.05) is 12.3 Å². The molecule has 0 saturated heterocycles. The van der Waals surface area contributed by atoms with Crippen molar-refractivity contribution in [3.63, 3.8) is 0 Å². The van der Waals surface area contributed by atoms with Gasteiger partial charge in [-0.15, -0.1) is 0 Å². The Hall–Kier alpha value is -2.34. The predicted molar refractivity (Wildman–Crippen MR) is 71.6 cm³/mol. The summed E-state index contributed by atoms with van der Waals surface area (Å²) in [5.41, 5.74) is 13.0. The van der Waals surface area contributed by atoms with Crippen LogP contribution in [0.4, 0.5) is 5.82 Å². The van der Waals surface area contributed by atoms with Gasteiger partial charge in [0.25, 0.3) is 5.91 Å². The van der Waals surface area contributed by atoms with Crippen molar-refractivity contribution < 1.29 is 9.90 Å². The minimum Gasteiger partial charge on any atom is -0.396 e. The molecular weight excluding hydrogens is 244 g/mol. The number of aromatic nitrogens is 2. The molecule has 100 valence electrons. The molecule has 1 aromatic carbocycles. The van der Waals surface area contributed by atoms with E-state index < -0.39 is 5.91 Å². The van der Waals surface area contributed by atoms with Gasteiger partial charge in [0.2, 0.25) is 0 Å². The first kappa shape index (κ1) is 13.1. The molecule has 6 heteroatoms. The van der Waals surface area contributed by atoms with Crippen LogP contribution >= 0.6 is 0 Å². The SMILES string of the molecule is NC(=O)c1[nH]c(Cc2cccc(CCO)c2)nc1N. The number of aliphatic hydroxyl groups is 1. The smallest absolute Gasteiger partial charge is 0.269 e. The van der Waals surface area contributed by atoms with E-state index in [1.807, 2.05) is 24.3 Å². The number of aromatic amines is 1. The Morgan fingerprint density at radius 3 is 2.74 bits per heavy atom. The average Bonchev–Trinajstić information content (AvgIpc) is 2.71. The van der Waals surface area contributed by atoms with Gasteiger partial charge in [-0.2, -0.15) is 0 Å². The largest absolute Gasteiger partial charge is 0.396 e. The number of nitrogens with two attached hydrogens (primary N) is 2. The number of benzene rings is 1. The molecule has 19 heavy (non-hydrogen) atoms. The Morgan fingerprint density at radius 2 is 2.11 bits per heavy atom. The van der Waals surface area contributed by atoms with Crippen molar-refractivity contribution in [3.8, 4) is 0 Å². The molecule has 0 saturated carbocycles. The summed E-state index contributed by atoms with van der Waals surface area (Å²) < 4.78 is 0. The van der Waals surface area contributed by atoms with E-state index in [1.165, 1.54) is 0 Å². The fourth-order valence-corrected chi connectivity index (χ4v) is 1.93. The molecular formula is C13H16N4O2. The lowest BCUT2D eigenvalue weighted by molar-refractivity contribution is 0.0997. The second kappa shape index (κ2) is 5.53. The highest BCUT2D eigenvalue weighted by molar-refractivity contribution is 5.95. The summed E-state index contributed by atoms with van der Waals surface area (Å²) in [5, 5.41) is 8.91. The average molecular weight is 260 g/mol. The zero-order valence-corrected chi connectivity index (χ0v) is 10.4. The number of hydrogen-bond donors (Lipinski definition) is 4. The predicted octanol–water partition coefficient (Wildman–Crippen LogP) is 0.216. The molecule has 0 aliphatic carbocycles. The van der Waals surface area contributed by atoms with Crippen LogP contribution in [0, 0.1) is 0 Å². The molecule has 0 spiro atoms. The maximum Gasteiger partial charge on any atom is 0.269 e. The number of imidazole rings is 1. The fraction of sp³-hybridized carbons (Fsp3) is 0.231. The third kappa shape index (κ3) is 3.11. The van der Waals surface area contributed by atoms with Crippen LogP contribution in [0.2, 0.25) is 0 Å². The third-order valence-corrected chi connectivity index (χ3v) is 2.79. The maximum atomic E-state index is 11.1. The quantitative estimate of drug-likeness (QED) is 0.614. The molecule has 0 fully saturated rings. The highest BCUT2D eigenvalue weighted by Crippen LogP contribution is 2.13. The molecule has 2 aromatic rings. The van der Waals surface area contributed by atoms with Crippen molar-refractivity contribution in [2.45, 2.75) is 12.8 Å². The third-order valence-electron chi connectivity index (χ3n) is 2.79. The number of nitrogens with one attached hydrogen (secondary N) is 1. The van der Waals surface area contributed by atoms with Crippen molar-refractivity contribution in [1.82, 2.24) is 9.97 Å². The Kier molecular flexibility index (Phi) is 3.82. The van der Waals surface area contributed by atoms with Crippen molar-refractivity contribution >= 4 is 11.7 Å². The van der Waals surface area contributed by atoms with Gasteiger partial charge in [0.05, 0.1) is 0 Å². The van der Waals surface area contributed by atoms with Crippen LogP contribution in [-0.4, -0.2) is 27.6 Å². The number of carbonyl (C=O) groups excluding carboxylic acids is 1. The molecule has 6 N–H and O–H groups in total. The standard InChI is InChI=1S/C13H16N4O2/c14-12-11(13(15)19)16-10(17-12)7-9-3-1-2-8(6-9)4-5-18/h1-3,6,18H,4-5,7,14H2,(H2,15,19)(H,16,17). The summed E-state index contributed by atoms with van der Waals surface area (Å²) in [4.78, 5) is 18.0. The first-order valence-electron chi connectivity index (χ1n) is 5.93. The summed E-state index contributed by atoms with van der Waals surface area (Å²) in [6.07, 6.45) is 1.14. The summed E-state index contributed by atoms with van der Waals surface area (Å²) in [6.45, 7) is 0.114. The minimum atomic E-state index is -0.620. The Bertz CT molecular complexity index is 592. The number of H-pyrrole nitrogens is 1. The molecule has 1 aromatic heterocycles. The number of carbonyl (C=O) groups is 1. The molecule has 0 bridgehead atoms. The van der Waals surface area contributed by atoms with Gasteiger partial charge in [-0.05, 0) is 17.5 Å². The number of nitrogens with zero attached hydrogens (tertiary/aromatic N) is 1. The van der Waals surface area contributed by atoms with E-state index in [-0.39, 0.29) is 18.1 Å². The highest BCUT2D eigenvalue weighted by atomic mass is 16.2. The fourth-order valence-electron chi connectivity index (χ4n) is 1.93. The lowest BCUT2D eigenvalue weighted by Crippen LogP contribution is -2.13. The van der Waals surface area contributed by atoms with Crippen LogP contribution in [0.5, 0.6) is 0 Å². The second-order valence-electron chi connectivity index (χ2n) is 4.28. The molecule has 0 radical (unpaired) electrons. The first-order valence-corrected chi connectivity index (χ1v) is 5.93. The van der Waals surface area contributed by atoms with E-state index in [1.54, 1.807) is 0 Å². The lowest BCUT2D eigenvalue weighted by atomic mass is 10.1. The molecule has 2 rings (SSSR count). The Labute approximate surface area is 110 Å². The zero-order valence-electron chi connectivity index (χ0n) is 10.4. The van der Waals surface area contributed by atoms with E-state index in [0.717, 1.165) is 11.1 Å². The number of hydrogen-bond acceptors (Lipinski definition) is 4. The van der Waals surface area contributed by atoms with Crippen molar-refractivity contribution in [3.05, 3.63) is 46.9 Å². The van der Waals surface area contributed by atoms with Gasteiger partial charge >= 0.3 is 0 Å². The van der Waals surface area contributed by atoms with Crippen LogP contribution < -0.4 is 11.5 Å². The van der Waals surface area contributed by atoms with Gasteiger partial charge in [0.1, 0.15) is 11.5 Å². The molecule has 0 aliphatic heterocycles. The first-order chi connectivity index (χ1) is 9.10. The number of amides is 1. The number of rotatable bonds is 5.